The highest BCUT2D eigenvalue weighted by Crippen LogP contribution is 2.33. The van der Waals surface area contributed by atoms with Crippen LogP contribution in [0.2, 0.25) is 0 Å². The van der Waals surface area contributed by atoms with E-state index in [4.69, 9.17) is 0 Å². The molecule has 186 valence electrons. The maximum absolute atomic E-state index is 14.9. The van der Waals surface area contributed by atoms with E-state index in [-0.39, 0.29) is 21.9 Å². The Bertz CT molecular complexity index is 1400. The summed E-state index contributed by atoms with van der Waals surface area (Å²) in [6.07, 6.45) is 5.74. The van der Waals surface area contributed by atoms with Crippen molar-refractivity contribution < 1.29 is 17.7 Å². The van der Waals surface area contributed by atoms with E-state index in [1.54, 1.807) is 19.3 Å². The number of anilines is 1. The van der Waals surface area contributed by atoms with Gasteiger partial charge in [0.25, 0.3) is 5.69 Å². The zero-order chi connectivity index (χ0) is 25.5. The van der Waals surface area contributed by atoms with Crippen LogP contribution in [0, 0.1) is 29.8 Å². The topological polar surface area (TPSA) is 136 Å². The predicted octanol–water partition coefficient (Wildman–Crippen LogP) is 3.59. The normalized spacial score (nSPS) is 15.3. The van der Waals surface area contributed by atoms with Gasteiger partial charge in [-0.2, -0.15) is 0 Å². The average molecular weight is 568 g/mol. The van der Waals surface area contributed by atoms with Crippen LogP contribution in [0.4, 0.5) is 16.0 Å². The molecule has 0 atom stereocenters. The Morgan fingerprint density at radius 2 is 1.91 bits per heavy atom. The molecular weight excluding hydrogens is 545 g/mol. The Hall–Kier alpha value is -2.97. The lowest BCUT2D eigenvalue weighted by Gasteiger charge is -2.30. The van der Waals surface area contributed by atoms with Gasteiger partial charge in [0, 0.05) is 37.6 Å². The van der Waals surface area contributed by atoms with E-state index in [0.717, 1.165) is 5.56 Å². The van der Waals surface area contributed by atoms with Crippen LogP contribution in [0.5, 0.6) is 0 Å². The number of halogens is 2. The van der Waals surface area contributed by atoms with Crippen molar-refractivity contribution in [3.8, 4) is 17.1 Å². The van der Waals surface area contributed by atoms with Crippen molar-refractivity contribution in [1.82, 2.24) is 23.8 Å². The van der Waals surface area contributed by atoms with Crippen LogP contribution >= 0.6 is 15.9 Å². The molecule has 35 heavy (non-hydrogen) atoms. The first-order chi connectivity index (χ1) is 16.5. The maximum atomic E-state index is 14.9. The summed E-state index contributed by atoms with van der Waals surface area (Å²) < 4.78 is 41.1. The summed E-state index contributed by atoms with van der Waals surface area (Å²) in [7, 11) is -3.21. The van der Waals surface area contributed by atoms with Gasteiger partial charge < -0.3 is 9.88 Å². The summed E-state index contributed by atoms with van der Waals surface area (Å²) >= 11 is 2.97. The van der Waals surface area contributed by atoms with Gasteiger partial charge >= 0.3 is 0 Å². The Morgan fingerprint density at radius 1 is 1.23 bits per heavy atom. The van der Waals surface area contributed by atoms with Crippen LogP contribution < -0.4 is 5.32 Å². The van der Waals surface area contributed by atoms with Gasteiger partial charge in [-0.3, -0.25) is 10.1 Å². The van der Waals surface area contributed by atoms with Crippen molar-refractivity contribution in [3.63, 3.8) is 0 Å². The second kappa shape index (κ2) is 9.59. The molecule has 1 N–H and O–H groups in total. The summed E-state index contributed by atoms with van der Waals surface area (Å²) in [6.45, 7) is 4.38. The molecule has 0 spiro atoms. The number of rotatable bonds is 6. The van der Waals surface area contributed by atoms with Crippen LogP contribution in [0.1, 0.15) is 24.2 Å². The second-order valence-corrected chi connectivity index (χ2v) is 11.1. The molecule has 14 heteroatoms. The molecule has 0 radical (unpaired) electrons. The van der Waals surface area contributed by atoms with Crippen molar-refractivity contribution >= 4 is 37.6 Å². The molecule has 1 aliphatic rings. The standard InChI is InChI=1S/C21H23BrFN7O4S/c1-12-10-24-21(26-14-6-8-28(9-7-14)35(3,33)34)27-20(12)15-11-29(13(2)25-15)17-5-4-16(30(31)32)18(22)19(17)23/h4-5,10-11,14H,6-9H2,1-3H3,(H,24,26,27). The van der Waals surface area contributed by atoms with Crippen molar-refractivity contribution in [2.45, 2.75) is 32.7 Å². The van der Waals surface area contributed by atoms with Gasteiger partial charge in [0.2, 0.25) is 16.0 Å². The Kier molecular flexibility index (Phi) is 6.88. The zero-order valence-corrected chi connectivity index (χ0v) is 21.6. The minimum atomic E-state index is -3.21. The van der Waals surface area contributed by atoms with Crippen LogP contribution in [0.3, 0.4) is 0 Å². The van der Waals surface area contributed by atoms with Gasteiger partial charge in [0.15, 0.2) is 5.82 Å². The van der Waals surface area contributed by atoms with Crippen LogP contribution in [0.15, 0.2) is 29.0 Å². The number of sulfonamides is 1. The molecule has 1 saturated heterocycles. The first-order valence-corrected chi connectivity index (χ1v) is 13.3. The van der Waals surface area contributed by atoms with Gasteiger partial charge in [-0.25, -0.2) is 32.1 Å². The minimum Gasteiger partial charge on any atom is -0.351 e. The molecule has 0 aliphatic carbocycles. The summed E-state index contributed by atoms with van der Waals surface area (Å²) in [4.78, 5) is 23.9. The van der Waals surface area contributed by atoms with E-state index in [0.29, 0.717) is 49.1 Å². The monoisotopic (exact) mass is 567 g/mol. The smallest absolute Gasteiger partial charge is 0.286 e. The number of hydrogen-bond acceptors (Lipinski definition) is 8. The average Bonchev–Trinajstić information content (AvgIpc) is 3.17. The summed E-state index contributed by atoms with van der Waals surface area (Å²) in [6, 6.07) is 2.59. The first kappa shape index (κ1) is 25.1. The molecule has 0 saturated carbocycles. The number of aryl methyl sites for hydroxylation is 2. The van der Waals surface area contributed by atoms with Gasteiger partial charge in [0.1, 0.15) is 16.0 Å². The Morgan fingerprint density at radius 3 is 2.54 bits per heavy atom. The summed E-state index contributed by atoms with van der Waals surface area (Å²) in [5.74, 6) is 0.0913. The van der Waals surface area contributed by atoms with Crippen LogP contribution in [-0.4, -0.2) is 62.6 Å². The number of aromatic nitrogens is 4. The molecule has 3 heterocycles. The number of nitrogens with zero attached hydrogens (tertiary/aromatic N) is 6. The first-order valence-electron chi connectivity index (χ1n) is 10.7. The van der Waals surface area contributed by atoms with Gasteiger partial charge in [-0.05, 0) is 54.2 Å². The SMILES string of the molecule is Cc1cnc(NC2CCN(S(C)(=O)=O)CC2)nc1-c1cn(-c2ccc([N+](=O)[O-])c(Br)c2F)c(C)n1. The fourth-order valence-corrected chi connectivity index (χ4v) is 5.33. The Labute approximate surface area is 209 Å². The van der Waals surface area contributed by atoms with Crippen LogP contribution in [0.25, 0.3) is 17.1 Å². The van der Waals surface area contributed by atoms with E-state index >= 15 is 0 Å². The quantitative estimate of drug-likeness (QED) is 0.352. The van der Waals surface area contributed by atoms with Crippen molar-refractivity contribution in [2.24, 2.45) is 0 Å². The number of nitrogens with one attached hydrogen (secondary N) is 1. The Balaban J connectivity index is 1.59. The number of nitro groups is 1. The molecule has 0 unspecified atom stereocenters. The van der Waals surface area contributed by atoms with E-state index in [1.807, 2.05) is 6.92 Å². The fourth-order valence-electron chi connectivity index (χ4n) is 3.97. The molecule has 4 rings (SSSR count). The maximum Gasteiger partial charge on any atom is 0.286 e. The lowest BCUT2D eigenvalue weighted by Crippen LogP contribution is -2.42. The third kappa shape index (κ3) is 5.18. The van der Waals surface area contributed by atoms with Gasteiger partial charge in [-0.1, -0.05) is 0 Å². The third-order valence-corrected chi connectivity index (χ3v) is 7.91. The predicted molar refractivity (Wildman–Crippen MR) is 131 cm³/mol. The van der Waals surface area contributed by atoms with E-state index in [2.05, 4.69) is 36.2 Å². The number of nitro benzene ring substituents is 1. The van der Waals surface area contributed by atoms with Gasteiger partial charge in [0.05, 0.1) is 22.6 Å². The van der Waals surface area contributed by atoms with Crippen molar-refractivity contribution in [1.29, 1.82) is 0 Å². The minimum absolute atomic E-state index is 0.0226. The number of benzene rings is 1. The summed E-state index contributed by atoms with van der Waals surface area (Å²) in [5, 5.41) is 14.4. The van der Waals surface area contributed by atoms with Gasteiger partial charge in [-0.15, -0.1) is 0 Å². The highest BCUT2D eigenvalue weighted by atomic mass is 79.9. The number of imidazole rings is 1. The molecule has 1 aromatic carbocycles. The molecule has 3 aromatic rings. The lowest BCUT2D eigenvalue weighted by molar-refractivity contribution is -0.385. The molecular formula is C21H23BrFN7O4S. The molecule has 0 amide bonds. The molecule has 0 bridgehead atoms. The number of hydrogen-bond donors (Lipinski definition) is 1. The highest BCUT2D eigenvalue weighted by Gasteiger charge is 2.26. The molecule has 2 aromatic heterocycles. The highest BCUT2D eigenvalue weighted by molar-refractivity contribution is 9.10. The van der Waals surface area contributed by atoms with Crippen LogP contribution in [-0.2, 0) is 10.0 Å². The van der Waals surface area contributed by atoms with E-state index in [9.17, 15) is 22.9 Å². The van der Waals surface area contributed by atoms with E-state index in [1.165, 1.54) is 27.3 Å². The largest absolute Gasteiger partial charge is 0.351 e. The zero-order valence-electron chi connectivity index (χ0n) is 19.2. The van der Waals surface area contributed by atoms with Crippen molar-refractivity contribution in [3.05, 3.63) is 56.3 Å². The summed E-state index contributed by atoms with van der Waals surface area (Å²) in [5.41, 5.74) is 1.55. The third-order valence-electron chi connectivity index (χ3n) is 5.85. The molecule has 11 nitrogen and oxygen atoms in total. The lowest BCUT2D eigenvalue weighted by atomic mass is 10.1. The fraction of sp³-hybridized carbons (Fsp3) is 0.381. The molecule has 1 aliphatic heterocycles. The number of piperidine rings is 1. The van der Waals surface area contributed by atoms with E-state index < -0.39 is 20.8 Å². The second-order valence-electron chi connectivity index (χ2n) is 8.34. The van der Waals surface area contributed by atoms with Crippen molar-refractivity contribution in [2.75, 3.05) is 24.7 Å². The molecule has 1 fully saturated rings.